The van der Waals surface area contributed by atoms with Gasteiger partial charge >= 0.3 is 0 Å². The second-order valence-corrected chi connectivity index (χ2v) is 17.5. The van der Waals surface area contributed by atoms with E-state index in [0.29, 0.717) is 17.5 Å². The Morgan fingerprint density at radius 3 is 1.51 bits per heavy atom. The minimum atomic E-state index is 0.534. The van der Waals surface area contributed by atoms with Crippen LogP contribution in [-0.4, -0.2) is 19.5 Å². The fraction of sp³-hybridized carbons (Fsp3) is 0. The highest BCUT2D eigenvalue weighted by atomic mass is 16.3. The molecule has 0 atom stereocenters. The molecule has 0 saturated carbocycles. The predicted molar refractivity (Wildman–Crippen MR) is 281 cm³/mol. The zero-order valence-electron chi connectivity index (χ0n) is 37.0. The number of fused-ring (bicyclic) bond motifs is 9. The molecule has 0 N–H and O–H groups in total. The molecule has 14 rings (SSSR count). The van der Waals surface area contributed by atoms with Gasteiger partial charge in [-0.15, -0.1) is 0 Å². The Morgan fingerprint density at radius 1 is 0.290 bits per heavy atom. The Bertz CT molecular complexity index is 4290. The molecule has 6 nitrogen and oxygen atoms in total. The second-order valence-electron chi connectivity index (χ2n) is 17.5. The van der Waals surface area contributed by atoms with Gasteiger partial charge in [0.2, 0.25) is 0 Å². The first-order valence-corrected chi connectivity index (χ1v) is 23.2. The first-order valence-electron chi connectivity index (χ1n) is 23.2. The number of para-hydroxylation sites is 3. The van der Waals surface area contributed by atoms with E-state index in [-0.39, 0.29) is 0 Å². The summed E-state index contributed by atoms with van der Waals surface area (Å²) < 4.78 is 16.3. The standard InChI is InChI=1S/C63H38N4O2/c1-4-16-39(17-5-1)41-28-30-43(31-29-41)62-64-61(42-20-8-3-9-21-42)65-63(66-62)45-37-52(58-50-24-12-15-27-56(50)68-57(58)38-45)48-33-34-49-47-23-11-14-26-55(47)69-60(49)59(48)67-53-25-13-10-22-46(53)51-36-44(32-35-54(51)67)40-18-6-2-7-19-40/h1-38H. The molecule has 0 bridgehead atoms. The summed E-state index contributed by atoms with van der Waals surface area (Å²) in [6, 6.07) is 80.3. The van der Waals surface area contributed by atoms with Crippen molar-refractivity contribution in [2.75, 3.05) is 0 Å². The maximum Gasteiger partial charge on any atom is 0.164 e. The van der Waals surface area contributed by atoms with Gasteiger partial charge in [0.25, 0.3) is 0 Å². The lowest BCUT2D eigenvalue weighted by molar-refractivity contribution is 0.666. The number of nitrogens with zero attached hydrogens (tertiary/aromatic N) is 4. The zero-order chi connectivity index (χ0) is 45.4. The average molecular weight is 883 g/mol. The van der Waals surface area contributed by atoms with Crippen LogP contribution in [0.1, 0.15) is 0 Å². The van der Waals surface area contributed by atoms with Crippen molar-refractivity contribution in [2.24, 2.45) is 0 Å². The molecule has 69 heavy (non-hydrogen) atoms. The van der Waals surface area contributed by atoms with E-state index in [4.69, 9.17) is 23.8 Å². The minimum Gasteiger partial charge on any atom is -0.456 e. The zero-order valence-corrected chi connectivity index (χ0v) is 37.0. The number of hydrogen-bond donors (Lipinski definition) is 0. The van der Waals surface area contributed by atoms with Gasteiger partial charge in [0.05, 0.1) is 16.7 Å². The van der Waals surface area contributed by atoms with Crippen molar-refractivity contribution in [1.29, 1.82) is 0 Å². The third kappa shape index (κ3) is 6.38. The van der Waals surface area contributed by atoms with Crippen molar-refractivity contribution < 1.29 is 8.83 Å². The first-order chi connectivity index (χ1) is 34.2. The Morgan fingerprint density at radius 2 is 0.797 bits per heavy atom. The maximum atomic E-state index is 7.05. The van der Waals surface area contributed by atoms with Gasteiger partial charge in [-0.25, -0.2) is 15.0 Å². The minimum absolute atomic E-state index is 0.534. The van der Waals surface area contributed by atoms with Crippen molar-refractivity contribution in [3.05, 3.63) is 231 Å². The molecule has 0 aliphatic heterocycles. The van der Waals surface area contributed by atoms with Gasteiger partial charge in [-0.3, -0.25) is 0 Å². The fourth-order valence-corrected chi connectivity index (χ4v) is 10.2. The smallest absolute Gasteiger partial charge is 0.164 e. The number of furan rings is 2. The van der Waals surface area contributed by atoms with Crippen LogP contribution in [0.3, 0.4) is 0 Å². The lowest BCUT2D eigenvalue weighted by atomic mass is 9.94. The summed E-state index contributed by atoms with van der Waals surface area (Å²) >= 11 is 0. The van der Waals surface area contributed by atoms with E-state index in [9.17, 15) is 0 Å². The Kier molecular flexibility index (Phi) is 8.79. The van der Waals surface area contributed by atoms with Crippen LogP contribution in [-0.2, 0) is 0 Å². The van der Waals surface area contributed by atoms with Crippen molar-refractivity contribution >= 4 is 65.7 Å². The topological polar surface area (TPSA) is 69.9 Å². The van der Waals surface area contributed by atoms with Crippen LogP contribution in [0.25, 0.3) is 139 Å². The third-order valence-corrected chi connectivity index (χ3v) is 13.5. The van der Waals surface area contributed by atoms with Crippen LogP contribution in [0.15, 0.2) is 239 Å². The van der Waals surface area contributed by atoms with Gasteiger partial charge < -0.3 is 13.4 Å². The van der Waals surface area contributed by atoms with E-state index >= 15 is 0 Å². The monoisotopic (exact) mass is 882 g/mol. The molecule has 0 unspecified atom stereocenters. The molecule has 4 aromatic heterocycles. The van der Waals surface area contributed by atoms with E-state index in [1.807, 2.05) is 54.6 Å². The van der Waals surface area contributed by atoms with E-state index < -0.39 is 0 Å². The Balaban J connectivity index is 1.06. The molecule has 0 fully saturated rings. The lowest BCUT2D eigenvalue weighted by Gasteiger charge is -2.17. The summed E-state index contributed by atoms with van der Waals surface area (Å²) in [5.41, 5.74) is 15.3. The van der Waals surface area contributed by atoms with Crippen molar-refractivity contribution in [1.82, 2.24) is 19.5 Å². The van der Waals surface area contributed by atoms with Crippen LogP contribution in [0.2, 0.25) is 0 Å². The van der Waals surface area contributed by atoms with Gasteiger partial charge in [0.1, 0.15) is 16.7 Å². The highest BCUT2D eigenvalue weighted by Gasteiger charge is 2.26. The van der Waals surface area contributed by atoms with Gasteiger partial charge in [0.15, 0.2) is 23.1 Å². The molecular formula is C63H38N4O2. The molecule has 0 radical (unpaired) electrons. The quantitative estimate of drug-likeness (QED) is 0.159. The largest absolute Gasteiger partial charge is 0.456 e. The molecular weight excluding hydrogens is 845 g/mol. The molecule has 10 aromatic carbocycles. The molecule has 322 valence electrons. The predicted octanol–water partition coefficient (Wildman–Crippen LogP) is 16.8. The molecule has 6 heteroatoms. The summed E-state index contributed by atoms with van der Waals surface area (Å²) in [5.74, 6) is 1.69. The van der Waals surface area contributed by atoms with Gasteiger partial charge in [0, 0.05) is 54.6 Å². The summed E-state index contributed by atoms with van der Waals surface area (Å²) in [6.45, 7) is 0. The van der Waals surface area contributed by atoms with Crippen molar-refractivity contribution in [2.45, 2.75) is 0 Å². The number of rotatable bonds is 7. The van der Waals surface area contributed by atoms with Crippen LogP contribution in [0.5, 0.6) is 0 Å². The third-order valence-electron chi connectivity index (χ3n) is 13.5. The van der Waals surface area contributed by atoms with Crippen LogP contribution in [0, 0.1) is 0 Å². The molecule has 4 heterocycles. The Labute approximate surface area is 396 Å². The molecule has 0 aliphatic carbocycles. The maximum absolute atomic E-state index is 7.05. The molecule has 0 spiro atoms. The van der Waals surface area contributed by atoms with E-state index in [2.05, 4.69) is 180 Å². The van der Waals surface area contributed by atoms with E-state index in [1.54, 1.807) is 0 Å². The normalized spacial score (nSPS) is 11.8. The molecule has 0 aliphatic rings. The molecule has 14 aromatic rings. The van der Waals surface area contributed by atoms with Crippen LogP contribution >= 0.6 is 0 Å². The van der Waals surface area contributed by atoms with Crippen molar-refractivity contribution in [3.63, 3.8) is 0 Å². The number of hydrogen-bond acceptors (Lipinski definition) is 5. The summed E-state index contributed by atoms with van der Waals surface area (Å²) in [4.78, 5) is 15.6. The molecule has 0 saturated heterocycles. The van der Waals surface area contributed by atoms with Crippen molar-refractivity contribution in [3.8, 4) is 73.2 Å². The highest BCUT2D eigenvalue weighted by Crippen LogP contribution is 2.47. The fourth-order valence-electron chi connectivity index (χ4n) is 10.2. The van der Waals surface area contributed by atoms with Crippen LogP contribution < -0.4 is 0 Å². The SMILES string of the molecule is c1ccc(-c2ccc(-c3nc(-c4ccccc4)nc(-c4cc(-c5ccc6c(oc7ccccc76)c5-n5c6ccccc6c6cc(-c7ccccc7)ccc65)c5c(c4)oc4ccccc45)n3)cc2)cc1. The van der Waals surface area contributed by atoms with E-state index in [1.165, 1.54) is 5.56 Å². The van der Waals surface area contributed by atoms with Gasteiger partial charge in [-0.1, -0.05) is 182 Å². The molecule has 0 amide bonds. The first kappa shape index (κ1) is 38.8. The van der Waals surface area contributed by atoms with Crippen LogP contribution in [0.4, 0.5) is 0 Å². The second kappa shape index (κ2) is 15.6. The number of benzene rings is 10. The van der Waals surface area contributed by atoms with Gasteiger partial charge in [-0.2, -0.15) is 0 Å². The summed E-state index contributed by atoms with van der Waals surface area (Å²) in [5, 5.41) is 6.41. The summed E-state index contributed by atoms with van der Waals surface area (Å²) in [6.07, 6.45) is 0. The van der Waals surface area contributed by atoms with Gasteiger partial charge in [-0.05, 0) is 76.3 Å². The lowest BCUT2D eigenvalue weighted by Crippen LogP contribution is -2.01. The number of aromatic nitrogens is 4. The average Bonchev–Trinajstić information content (AvgIpc) is 4.11. The summed E-state index contributed by atoms with van der Waals surface area (Å²) in [7, 11) is 0. The Hall–Kier alpha value is -9.39. The van der Waals surface area contributed by atoms with E-state index in [0.717, 1.165) is 116 Å². The highest BCUT2D eigenvalue weighted by molar-refractivity contribution is 6.19.